The molecule has 0 spiro atoms. The van der Waals surface area contributed by atoms with Crippen LogP contribution < -0.4 is 10.1 Å². The van der Waals surface area contributed by atoms with E-state index in [2.05, 4.69) is 80.5 Å². The molecule has 0 aliphatic heterocycles. The molecule has 0 saturated heterocycles. The molecule has 140 valence electrons. The van der Waals surface area contributed by atoms with Gasteiger partial charge in [-0.3, -0.25) is 4.98 Å². The molecule has 0 aliphatic rings. The molecular weight excluding hydrogens is 332 g/mol. The number of aryl methyl sites for hydroxylation is 1. The molecule has 3 heteroatoms. The Kier molecular flexibility index (Phi) is 6.12. The fourth-order valence-electron chi connectivity index (χ4n) is 3.32. The number of aromatic nitrogens is 1. The number of hydrogen-bond donors (Lipinski definition) is 1. The molecule has 0 amide bonds. The zero-order chi connectivity index (χ0) is 19.2. The van der Waals surface area contributed by atoms with Gasteiger partial charge in [0.2, 0.25) is 0 Å². The van der Waals surface area contributed by atoms with Crippen molar-refractivity contribution in [2.24, 2.45) is 0 Å². The van der Waals surface area contributed by atoms with E-state index >= 15 is 0 Å². The van der Waals surface area contributed by atoms with Crippen LogP contribution in [0.25, 0.3) is 11.1 Å². The summed E-state index contributed by atoms with van der Waals surface area (Å²) in [5.41, 5.74) is 6.03. The third-order valence-electron chi connectivity index (χ3n) is 4.53. The molecule has 27 heavy (non-hydrogen) atoms. The summed E-state index contributed by atoms with van der Waals surface area (Å²) in [4.78, 5) is 4.05. The third-order valence-corrected chi connectivity index (χ3v) is 4.53. The first kappa shape index (κ1) is 19.0. The second kappa shape index (κ2) is 8.72. The standard InChI is InChI=1S/C24H28N2O/c1-17(2)24-22(20-8-6-5-7-9-20)14-18(3)15-23(24)27-16-19(4)26-21-10-12-25-13-11-21/h5-15,17,19H,16H2,1-4H3,(H,25,26)/t19-/m0/s1. The summed E-state index contributed by atoms with van der Waals surface area (Å²) in [6.45, 7) is 9.30. The van der Waals surface area contributed by atoms with E-state index in [0.29, 0.717) is 12.5 Å². The molecule has 1 aromatic heterocycles. The van der Waals surface area contributed by atoms with Crippen molar-refractivity contribution in [3.8, 4) is 16.9 Å². The van der Waals surface area contributed by atoms with Crippen molar-refractivity contribution in [1.82, 2.24) is 4.98 Å². The van der Waals surface area contributed by atoms with Crippen LogP contribution in [0.5, 0.6) is 5.75 Å². The topological polar surface area (TPSA) is 34.1 Å². The van der Waals surface area contributed by atoms with Gasteiger partial charge in [-0.2, -0.15) is 0 Å². The Balaban J connectivity index is 1.83. The number of hydrogen-bond acceptors (Lipinski definition) is 3. The molecule has 0 radical (unpaired) electrons. The SMILES string of the molecule is Cc1cc(OC[C@H](C)Nc2ccncc2)c(C(C)C)c(-c2ccccc2)c1. The summed E-state index contributed by atoms with van der Waals surface area (Å²) in [5.74, 6) is 1.35. The molecule has 1 heterocycles. The lowest BCUT2D eigenvalue weighted by Gasteiger charge is -2.22. The molecule has 3 nitrogen and oxygen atoms in total. The summed E-state index contributed by atoms with van der Waals surface area (Å²) in [5, 5.41) is 3.46. The summed E-state index contributed by atoms with van der Waals surface area (Å²) < 4.78 is 6.30. The minimum atomic E-state index is 0.188. The number of nitrogens with zero attached hydrogens (tertiary/aromatic N) is 1. The van der Waals surface area contributed by atoms with Gasteiger partial charge in [-0.05, 0) is 54.7 Å². The van der Waals surface area contributed by atoms with Crippen molar-refractivity contribution in [3.05, 3.63) is 78.1 Å². The molecule has 3 aromatic rings. The van der Waals surface area contributed by atoms with E-state index in [1.165, 1.54) is 22.3 Å². The molecule has 0 bridgehead atoms. The van der Waals surface area contributed by atoms with Crippen molar-refractivity contribution >= 4 is 5.69 Å². The summed E-state index contributed by atoms with van der Waals surface area (Å²) in [6, 6.07) is 19.1. The Morgan fingerprint density at radius 2 is 1.67 bits per heavy atom. The van der Waals surface area contributed by atoms with Crippen LogP contribution in [0, 0.1) is 6.92 Å². The molecule has 0 fully saturated rings. The van der Waals surface area contributed by atoms with E-state index in [1.807, 2.05) is 12.1 Å². The minimum absolute atomic E-state index is 0.188. The van der Waals surface area contributed by atoms with Crippen LogP contribution >= 0.6 is 0 Å². The fourth-order valence-corrected chi connectivity index (χ4v) is 3.32. The van der Waals surface area contributed by atoms with Crippen molar-refractivity contribution in [2.75, 3.05) is 11.9 Å². The van der Waals surface area contributed by atoms with Crippen LogP contribution in [0.2, 0.25) is 0 Å². The van der Waals surface area contributed by atoms with Crippen LogP contribution in [0.15, 0.2) is 67.0 Å². The first-order valence-corrected chi connectivity index (χ1v) is 9.54. The monoisotopic (exact) mass is 360 g/mol. The average Bonchev–Trinajstić information content (AvgIpc) is 2.67. The highest BCUT2D eigenvalue weighted by Crippen LogP contribution is 2.37. The largest absolute Gasteiger partial charge is 0.491 e. The summed E-state index contributed by atoms with van der Waals surface area (Å²) in [7, 11) is 0. The van der Waals surface area contributed by atoms with Gasteiger partial charge in [0, 0.05) is 23.6 Å². The van der Waals surface area contributed by atoms with Gasteiger partial charge in [0.25, 0.3) is 0 Å². The molecule has 1 atom stereocenters. The highest BCUT2D eigenvalue weighted by Gasteiger charge is 2.16. The number of ether oxygens (including phenoxy) is 1. The third kappa shape index (κ3) is 4.88. The average molecular weight is 361 g/mol. The Bertz CT molecular complexity index is 860. The lowest BCUT2D eigenvalue weighted by molar-refractivity contribution is 0.300. The molecule has 0 unspecified atom stereocenters. The summed E-state index contributed by atoms with van der Waals surface area (Å²) in [6.07, 6.45) is 3.58. The molecule has 1 N–H and O–H groups in total. The molecule has 3 rings (SSSR count). The van der Waals surface area contributed by atoms with Crippen LogP contribution in [-0.4, -0.2) is 17.6 Å². The van der Waals surface area contributed by atoms with E-state index in [4.69, 9.17) is 4.74 Å². The van der Waals surface area contributed by atoms with Crippen LogP contribution in [0.1, 0.15) is 37.8 Å². The Hall–Kier alpha value is -2.81. The van der Waals surface area contributed by atoms with E-state index in [1.54, 1.807) is 12.4 Å². The van der Waals surface area contributed by atoms with Crippen molar-refractivity contribution in [2.45, 2.75) is 39.7 Å². The molecular formula is C24H28N2O. The highest BCUT2D eigenvalue weighted by atomic mass is 16.5. The Morgan fingerprint density at radius 3 is 2.33 bits per heavy atom. The second-order valence-electron chi connectivity index (χ2n) is 7.34. The van der Waals surface area contributed by atoms with Crippen LogP contribution in [0.3, 0.4) is 0 Å². The van der Waals surface area contributed by atoms with Gasteiger partial charge < -0.3 is 10.1 Å². The predicted octanol–water partition coefficient (Wildman–Crippen LogP) is 6.06. The van der Waals surface area contributed by atoms with E-state index in [0.717, 1.165) is 11.4 Å². The number of anilines is 1. The van der Waals surface area contributed by atoms with Gasteiger partial charge in [-0.25, -0.2) is 0 Å². The molecule has 2 aromatic carbocycles. The highest BCUT2D eigenvalue weighted by molar-refractivity contribution is 5.72. The molecule has 0 saturated carbocycles. The first-order chi connectivity index (χ1) is 13.0. The van der Waals surface area contributed by atoms with Gasteiger partial charge in [0.1, 0.15) is 12.4 Å². The van der Waals surface area contributed by atoms with Gasteiger partial charge in [-0.1, -0.05) is 50.2 Å². The fraction of sp³-hybridized carbons (Fsp3) is 0.292. The van der Waals surface area contributed by atoms with Crippen molar-refractivity contribution in [3.63, 3.8) is 0 Å². The predicted molar refractivity (Wildman–Crippen MR) is 114 cm³/mol. The zero-order valence-corrected chi connectivity index (χ0v) is 16.6. The van der Waals surface area contributed by atoms with E-state index < -0.39 is 0 Å². The van der Waals surface area contributed by atoms with E-state index in [9.17, 15) is 0 Å². The maximum Gasteiger partial charge on any atom is 0.123 e. The van der Waals surface area contributed by atoms with Crippen molar-refractivity contribution < 1.29 is 4.74 Å². The maximum atomic E-state index is 6.30. The van der Waals surface area contributed by atoms with Crippen LogP contribution in [-0.2, 0) is 0 Å². The van der Waals surface area contributed by atoms with E-state index in [-0.39, 0.29) is 6.04 Å². The number of benzene rings is 2. The number of nitrogens with one attached hydrogen (secondary N) is 1. The zero-order valence-electron chi connectivity index (χ0n) is 16.6. The maximum absolute atomic E-state index is 6.30. The quantitative estimate of drug-likeness (QED) is 0.556. The van der Waals surface area contributed by atoms with Gasteiger partial charge in [0.05, 0.1) is 6.04 Å². The molecule has 0 aliphatic carbocycles. The van der Waals surface area contributed by atoms with Crippen molar-refractivity contribution in [1.29, 1.82) is 0 Å². The Labute approximate surface area is 162 Å². The van der Waals surface area contributed by atoms with Gasteiger partial charge in [-0.15, -0.1) is 0 Å². The normalized spacial score (nSPS) is 12.0. The Morgan fingerprint density at radius 1 is 0.963 bits per heavy atom. The van der Waals surface area contributed by atoms with Gasteiger partial charge >= 0.3 is 0 Å². The first-order valence-electron chi connectivity index (χ1n) is 9.54. The lowest BCUT2D eigenvalue weighted by atomic mass is 9.90. The minimum Gasteiger partial charge on any atom is -0.491 e. The van der Waals surface area contributed by atoms with Crippen LogP contribution in [0.4, 0.5) is 5.69 Å². The number of pyridine rings is 1. The lowest BCUT2D eigenvalue weighted by Crippen LogP contribution is -2.24. The second-order valence-corrected chi connectivity index (χ2v) is 7.34. The number of rotatable bonds is 7. The smallest absolute Gasteiger partial charge is 0.123 e. The summed E-state index contributed by atoms with van der Waals surface area (Å²) >= 11 is 0. The van der Waals surface area contributed by atoms with Gasteiger partial charge in [0.15, 0.2) is 0 Å².